The number of nitrogens with zero attached hydrogens (tertiary/aromatic N) is 1. The number of carbonyl (C=O) groups excluding carboxylic acids is 3. The molecule has 3 amide bonds. The van der Waals surface area contributed by atoms with Crippen LogP contribution < -0.4 is 16.0 Å². The van der Waals surface area contributed by atoms with Gasteiger partial charge in [-0.05, 0) is 67.8 Å². The molecular weight excluding hydrogens is 541 g/mol. The normalized spacial score (nSPS) is 11.2. The molecule has 4 aromatic rings. The van der Waals surface area contributed by atoms with Gasteiger partial charge in [0.15, 0.2) is 0 Å². The Bertz CT molecular complexity index is 1590. The van der Waals surface area contributed by atoms with Crippen molar-refractivity contribution in [1.29, 1.82) is 5.26 Å². The quantitative estimate of drug-likeness (QED) is 0.184. The van der Waals surface area contributed by atoms with E-state index in [2.05, 4.69) is 22.0 Å². The first-order chi connectivity index (χ1) is 19.3. The molecule has 202 valence electrons. The van der Waals surface area contributed by atoms with Crippen LogP contribution in [0.3, 0.4) is 0 Å². The molecule has 4 rings (SSSR count). The van der Waals surface area contributed by atoms with Gasteiger partial charge in [0.1, 0.15) is 11.1 Å². The number of para-hydroxylation sites is 1. The van der Waals surface area contributed by atoms with Crippen LogP contribution in [0.4, 0.5) is 16.4 Å². The van der Waals surface area contributed by atoms with E-state index < -0.39 is 5.25 Å². The predicted molar refractivity (Wildman–Crippen MR) is 162 cm³/mol. The summed E-state index contributed by atoms with van der Waals surface area (Å²) in [5.74, 6) is -0.805. The van der Waals surface area contributed by atoms with E-state index in [-0.39, 0.29) is 23.3 Å². The molecule has 9 heteroatoms. The number of anilines is 3. The molecule has 1 unspecified atom stereocenters. The van der Waals surface area contributed by atoms with Gasteiger partial charge in [-0.25, -0.2) is 0 Å². The van der Waals surface area contributed by atoms with E-state index in [9.17, 15) is 19.6 Å². The maximum atomic E-state index is 13.3. The highest BCUT2D eigenvalue weighted by atomic mass is 32.2. The van der Waals surface area contributed by atoms with Gasteiger partial charge in [-0.1, -0.05) is 49.4 Å². The van der Waals surface area contributed by atoms with Crippen molar-refractivity contribution in [3.8, 4) is 6.07 Å². The number of benzene rings is 3. The Morgan fingerprint density at radius 1 is 0.875 bits per heavy atom. The van der Waals surface area contributed by atoms with Gasteiger partial charge in [0.25, 0.3) is 11.8 Å². The zero-order valence-corrected chi connectivity index (χ0v) is 23.9. The van der Waals surface area contributed by atoms with E-state index in [4.69, 9.17) is 0 Å². The molecule has 40 heavy (non-hydrogen) atoms. The molecule has 0 aliphatic rings. The Labute approximate surface area is 241 Å². The molecule has 0 spiro atoms. The molecule has 0 aliphatic carbocycles. The van der Waals surface area contributed by atoms with E-state index in [1.807, 2.05) is 68.4 Å². The fourth-order valence-corrected chi connectivity index (χ4v) is 6.08. The highest BCUT2D eigenvalue weighted by Crippen LogP contribution is 2.35. The number of amides is 3. The molecule has 0 saturated carbocycles. The monoisotopic (exact) mass is 568 g/mol. The average molecular weight is 569 g/mol. The van der Waals surface area contributed by atoms with Crippen LogP contribution in [0.5, 0.6) is 0 Å². The molecule has 3 aromatic carbocycles. The summed E-state index contributed by atoms with van der Waals surface area (Å²) in [6.07, 6.45) is 0.532. The molecule has 0 radical (unpaired) electrons. The maximum absolute atomic E-state index is 13.3. The maximum Gasteiger partial charge on any atom is 0.266 e. The first-order valence-electron chi connectivity index (χ1n) is 12.6. The van der Waals surface area contributed by atoms with Crippen molar-refractivity contribution < 1.29 is 14.4 Å². The molecule has 7 nitrogen and oxygen atoms in total. The van der Waals surface area contributed by atoms with Crippen molar-refractivity contribution >= 4 is 57.2 Å². The molecule has 1 atom stereocenters. The third-order valence-electron chi connectivity index (χ3n) is 6.16. The molecule has 0 saturated heterocycles. The topological polar surface area (TPSA) is 111 Å². The van der Waals surface area contributed by atoms with Crippen LogP contribution in [0, 0.1) is 25.2 Å². The number of hydrogen-bond donors (Lipinski definition) is 3. The van der Waals surface area contributed by atoms with Crippen LogP contribution in [-0.2, 0) is 4.79 Å². The van der Waals surface area contributed by atoms with E-state index in [1.54, 1.807) is 31.2 Å². The number of thiophene rings is 1. The number of carbonyl (C=O) groups is 3. The van der Waals surface area contributed by atoms with E-state index in [0.29, 0.717) is 38.8 Å². The third-order valence-corrected chi connectivity index (χ3v) is 8.72. The molecule has 1 aromatic heterocycles. The smallest absolute Gasteiger partial charge is 0.266 e. The van der Waals surface area contributed by atoms with Crippen molar-refractivity contribution in [3.63, 3.8) is 0 Å². The van der Waals surface area contributed by atoms with Crippen LogP contribution in [0.2, 0.25) is 0 Å². The Morgan fingerprint density at radius 3 is 2.25 bits per heavy atom. The van der Waals surface area contributed by atoms with E-state index in [0.717, 1.165) is 21.8 Å². The minimum absolute atomic E-state index is 0.200. The summed E-state index contributed by atoms with van der Waals surface area (Å²) in [6.45, 7) is 5.50. The average Bonchev–Trinajstić information content (AvgIpc) is 3.27. The highest BCUT2D eigenvalue weighted by molar-refractivity contribution is 8.00. The second-order valence-electron chi connectivity index (χ2n) is 8.99. The zero-order chi connectivity index (χ0) is 28.6. The summed E-state index contributed by atoms with van der Waals surface area (Å²) in [5.41, 5.74) is 3.55. The lowest BCUT2D eigenvalue weighted by atomic mass is 10.1. The number of hydrogen-bond acceptors (Lipinski definition) is 6. The summed E-state index contributed by atoms with van der Waals surface area (Å²) in [4.78, 5) is 40.1. The number of thioether (sulfide) groups is 1. The molecule has 0 aliphatic heterocycles. The minimum Gasteiger partial charge on any atom is -0.322 e. The molecule has 0 bridgehead atoms. The largest absolute Gasteiger partial charge is 0.322 e. The Kier molecular flexibility index (Phi) is 9.38. The van der Waals surface area contributed by atoms with Crippen LogP contribution >= 0.6 is 23.1 Å². The lowest BCUT2D eigenvalue weighted by Crippen LogP contribution is -2.24. The summed E-state index contributed by atoms with van der Waals surface area (Å²) in [5, 5.41) is 18.3. The molecule has 0 fully saturated rings. The Hall–Kier alpha value is -4.39. The van der Waals surface area contributed by atoms with Crippen molar-refractivity contribution in [2.24, 2.45) is 0 Å². The van der Waals surface area contributed by atoms with E-state index in [1.165, 1.54) is 11.8 Å². The van der Waals surface area contributed by atoms with Crippen molar-refractivity contribution in [2.45, 2.75) is 37.3 Å². The minimum atomic E-state index is -0.460. The lowest BCUT2D eigenvalue weighted by Gasteiger charge is -2.15. The van der Waals surface area contributed by atoms with Crippen LogP contribution in [-0.4, -0.2) is 23.0 Å². The number of rotatable bonds is 9. The Morgan fingerprint density at radius 2 is 1.55 bits per heavy atom. The van der Waals surface area contributed by atoms with Gasteiger partial charge in [-0.2, -0.15) is 5.26 Å². The second kappa shape index (κ2) is 13.1. The first-order valence-corrected chi connectivity index (χ1v) is 14.3. The van der Waals surface area contributed by atoms with Crippen LogP contribution in [0.1, 0.15) is 50.1 Å². The number of aryl methyl sites for hydroxylation is 1. The Balaban J connectivity index is 1.46. The zero-order valence-electron chi connectivity index (χ0n) is 22.3. The molecule has 1 heterocycles. The second-order valence-corrected chi connectivity index (χ2v) is 11.3. The summed E-state index contributed by atoms with van der Waals surface area (Å²) < 4.78 is 0. The first kappa shape index (κ1) is 28.6. The molecule has 3 N–H and O–H groups in total. The number of nitriles is 1. The third kappa shape index (κ3) is 6.78. The standard InChI is InChI=1S/C31H28N4O3S2/c1-4-26(39-23-15-10-14-22(17-23)34-28(36)24-16-9-8-11-19(24)2)29(37)35-31-25(18-32)20(3)27(40-31)30(38)33-21-12-6-5-7-13-21/h5-17,26H,4H2,1-3H3,(H,33,38)(H,34,36)(H,35,37). The fraction of sp³-hybridized carbons (Fsp3) is 0.161. The van der Waals surface area contributed by atoms with Crippen molar-refractivity contribution in [3.05, 3.63) is 106 Å². The van der Waals surface area contributed by atoms with Crippen molar-refractivity contribution in [2.75, 3.05) is 16.0 Å². The SMILES string of the molecule is CCC(Sc1cccc(NC(=O)c2ccccc2C)c1)C(=O)Nc1sc(C(=O)Nc2ccccc2)c(C)c1C#N. The van der Waals surface area contributed by atoms with Crippen molar-refractivity contribution in [1.82, 2.24) is 0 Å². The summed E-state index contributed by atoms with van der Waals surface area (Å²) >= 11 is 2.45. The van der Waals surface area contributed by atoms with Crippen LogP contribution in [0.25, 0.3) is 0 Å². The highest BCUT2D eigenvalue weighted by Gasteiger charge is 2.25. The summed E-state index contributed by atoms with van der Waals surface area (Å²) in [6, 6.07) is 25.9. The predicted octanol–water partition coefficient (Wildman–Crippen LogP) is 7.25. The van der Waals surface area contributed by atoms with Gasteiger partial charge in [-0.3, -0.25) is 14.4 Å². The lowest BCUT2D eigenvalue weighted by molar-refractivity contribution is -0.115. The van der Waals surface area contributed by atoms with Gasteiger partial charge in [0, 0.05) is 21.8 Å². The molecular formula is C31H28N4O3S2. The van der Waals surface area contributed by atoms with Gasteiger partial charge in [-0.15, -0.1) is 23.1 Å². The fourth-order valence-electron chi connectivity index (χ4n) is 4.01. The van der Waals surface area contributed by atoms with Gasteiger partial charge >= 0.3 is 0 Å². The number of nitrogens with one attached hydrogen (secondary N) is 3. The van der Waals surface area contributed by atoms with Gasteiger partial charge in [0.2, 0.25) is 5.91 Å². The summed E-state index contributed by atoms with van der Waals surface area (Å²) in [7, 11) is 0. The van der Waals surface area contributed by atoms with Gasteiger partial charge in [0.05, 0.1) is 15.7 Å². The van der Waals surface area contributed by atoms with E-state index >= 15 is 0 Å². The van der Waals surface area contributed by atoms with Gasteiger partial charge < -0.3 is 16.0 Å². The van der Waals surface area contributed by atoms with Crippen LogP contribution in [0.15, 0.2) is 83.8 Å².